The van der Waals surface area contributed by atoms with Gasteiger partial charge >= 0.3 is 0 Å². The van der Waals surface area contributed by atoms with Crippen LogP contribution in [-0.4, -0.2) is 73.6 Å². The molecule has 2 heterocycles. The van der Waals surface area contributed by atoms with E-state index in [0.29, 0.717) is 22.2 Å². The number of hydrogen-bond acceptors (Lipinski definition) is 4. The first kappa shape index (κ1) is 22.7. The van der Waals surface area contributed by atoms with E-state index in [0.717, 1.165) is 28.3 Å². The van der Waals surface area contributed by atoms with Crippen LogP contribution in [-0.2, 0) is 0 Å². The molecule has 0 saturated heterocycles. The largest absolute Gasteiger partial charge is 1.00 e. The third-order valence-corrected chi connectivity index (χ3v) is 4.69. The Morgan fingerprint density at radius 3 is 2.38 bits per heavy atom. The summed E-state index contributed by atoms with van der Waals surface area (Å²) in [6.45, 7) is 0. The Labute approximate surface area is 182 Å². The van der Waals surface area contributed by atoms with Crippen molar-refractivity contribution >= 4 is 52.0 Å². The van der Waals surface area contributed by atoms with Gasteiger partial charge in [0.05, 0.1) is 21.6 Å². The lowest BCUT2D eigenvalue weighted by Gasteiger charge is -2.17. The second kappa shape index (κ2) is 8.84. The maximum absolute atomic E-state index is 11.8. The normalized spacial score (nSPS) is 11.3. The van der Waals surface area contributed by atoms with Gasteiger partial charge in [-0.2, -0.15) is 0 Å². The van der Waals surface area contributed by atoms with E-state index in [-0.39, 0.29) is 12.4 Å². The van der Waals surface area contributed by atoms with Gasteiger partial charge in [0.1, 0.15) is 19.8 Å². The minimum Gasteiger partial charge on any atom is -1.00 e. The number of nitrogens with zero attached hydrogens (tertiary/aromatic N) is 5. The molecule has 6 nitrogen and oxygen atoms in total. The topological polar surface area (TPSA) is 43.9 Å². The summed E-state index contributed by atoms with van der Waals surface area (Å²) in [6.07, 6.45) is 4.81. The number of rotatable bonds is 5. The Kier molecular flexibility index (Phi) is 6.93. The van der Waals surface area contributed by atoms with Gasteiger partial charge in [-0.1, -0.05) is 29.8 Å². The van der Waals surface area contributed by atoms with E-state index in [1.54, 1.807) is 0 Å². The van der Waals surface area contributed by atoms with Crippen molar-refractivity contribution in [3.05, 3.63) is 46.7 Å². The Morgan fingerprint density at radius 2 is 1.83 bits per heavy atom. The summed E-state index contributed by atoms with van der Waals surface area (Å²) >= 11 is 6.95. The number of para-hydroxylation sites is 1. The zero-order valence-electron chi connectivity index (χ0n) is 17.4. The van der Waals surface area contributed by atoms with Crippen LogP contribution in [0.2, 0.25) is 5.02 Å². The van der Waals surface area contributed by atoms with Crippen molar-refractivity contribution < 1.29 is 21.8 Å². The van der Waals surface area contributed by atoms with Crippen LogP contribution in [0.3, 0.4) is 0 Å². The summed E-state index contributed by atoms with van der Waals surface area (Å²) < 4.78 is 3.93. The second-order valence-electron chi connectivity index (χ2n) is 7.34. The van der Waals surface area contributed by atoms with Gasteiger partial charge in [0, 0.05) is 45.3 Å². The fourth-order valence-electron chi connectivity index (χ4n) is 3.36. The quantitative estimate of drug-likeness (QED) is 0.329. The van der Waals surface area contributed by atoms with Crippen molar-refractivity contribution in [2.75, 3.05) is 47.2 Å². The zero-order valence-corrected chi connectivity index (χ0v) is 19.0. The number of carbonyl (C=O) groups is 1. The van der Waals surface area contributed by atoms with Gasteiger partial charge < -0.3 is 22.2 Å². The fraction of sp³-hybridized carbons (Fsp3) is 0.286. The van der Waals surface area contributed by atoms with Crippen molar-refractivity contribution in [3.8, 4) is 0 Å². The van der Waals surface area contributed by atoms with Crippen molar-refractivity contribution in [2.24, 2.45) is 0 Å². The smallest absolute Gasteiger partial charge is 0.210 e. The predicted molar refractivity (Wildman–Crippen MR) is 117 cm³/mol. The molecule has 0 N–H and O–H groups in total. The molecule has 154 valence electrons. The lowest BCUT2D eigenvalue weighted by atomic mass is 10.0. The van der Waals surface area contributed by atoms with Crippen LogP contribution in [0.25, 0.3) is 22.0 Å². The van der Waals surface area contributed by atoms with Gasteiger partial charge in [0.2, 0.25) is 5.95 Å². The van der Waals surface area contributed by atoms with Crippen molar-refractivity contribution in [3.63, 3.8) is 0 Å². The minimum atomic E-state index is 0. The maximum Gasteiger partial charge on any atom is 0.210 e. The van der Waals surface area contributed by atoms with Crippen LogP contribution in [0.15, 0.2) is 30.5 Å². The van der Waals surface area contributed by atoms with E-state index in [2.05, 4.69) is 4.98 Å². The van der Waals surface area contributed by atoms with Gasteiger partial charge in [-0.05, 0) is 6.07 Å². The first-order chi connectivity index (χ1) is 13.3. The summed E-state index contributed by atoms with van der Waals surface area (Å²) in [5.41, 5.74) is 3.71. The number of aromatic nitrogens is 2. The van der Waals surface area contributed by atoms with Crippen LogP contribution in [0, 0.1) is 0 Å². The Balaban J connectivity index is 0.00000300. The molecule has 3 rings (SSSR count). The van der Waals surface area contributed by atoms with Crippen LogP contribution < -0.4 is 17.3 Å². The Morgan fingerprint density at radius 1 is 1.17 bits per heavy atom. The molecule has 3 aromatic rings. The minimum absolute atomic E-state index is 0. The number of anilines is 1. The molecule has 1 aromatic carbocycles. The van der Waals surface area contributed by atoms with E-state index < -0.39 is 0 Å². The molecule has 0 atom stereocenters. The van der Waals surface area contributed by atoms with Gasteiger partial charge in [-0.3, -0.25) is 9.20 Å². The molecule has 0 amide bonds. The van der Waals surface area contributed by atoms with Gasteiger partial charge in [0.25, 0.3) is 0 Å². The average molecular weight is 434 g/mol. The van der Waals surface area contributed by atoms with Crippen LogP contribution in [0.5, 0.6) is 0 Å². The standard InChI is InChI=1S/C21H25ClN5O.ClH/c1-24(2)11-14(12-25(3)4)18-15-9-7-8-10-17(15)27-20(19(18)22)16(13-28)23-21(27)26(5)6;/h7-13H,1-6H3;1H/q+1;/p-1. The highest BCUT2D eigenvalue weighted by Crippen LogP contribution is 2.38. The summed E-state index contributed by atoms with van der Waals surface area (Å²) in [6, 6.07) is 8.03. The Hall–Kier alpha value is -2.57. The molecular formula is C21H25Cl2N5O. The third kappa shape index (κ3) is 4.09. The maximum atomic E-state index is 11.8. The summed E-state index contributed by atoms with van der Waals surface area (Å²) in [5.74, 6) is 0.663. The predicted octanol–water partition coefficient (Wildman–Crippen LogP) is 0.269. The average Bonchev–Trinajstić information content (AvgIpc) is 3.01. The highest BCUT2D eigenvalue weighted by Gasteiger charge is 2.23. The number of allylic oxidation sites excluding steroid dienone is 1. The summed E-state index contributed by atoms with van der Waals surface area (Å²) in [5, 5.41) is 1.50. The van der Waals surface area contributed by atoms with E-state index >= 15 is 0 Å². The van der Waals surface area contributed by atoms with Gasteiger partial charge in [0.15, 0.2) is 12.5 Å². The molecule has 0 spiro atoms. The van der Waals surface area contributed by atoms with Gasteiger partial charge in [-0.25, -0.2) is 9.56 Å². The number of imidazole rings is 1. The molecule has 2 aromatic heterocycles. The summed E-state index contributed by atoms with van der Waals surface area (Å²) in [7, 11) is 11.7. The fourth-order valence-corrected chi connectivity index (χ4v) is 3.76. The molecular weight excluding hydrogens is 409 g/mol. The molecule has 29 heavy (non-hydrogen) atoms. The van der Waals surface area contributed by atoms with E-state index in [9.17, 15) is 4.79 Å². The first-order valence-electron chi connectivity index (χ1n) is 8.91. The van der Waals surface area contributed by atoms with Crippen molar-refractivity contribution in [2.45, 2.75) is 0 Å². The Bertz CT molecular complexity index is 1130. The molecule has 0 aliphatic carbocycles. The molecule has 0 bridgehead atoms. The molecule has 0 unspecified atom stereocenters. The number of halogens is 2. The SMILES string of the molecule is CN(C)/C=C(\C=[N+](C)C)c1c(Cl)c2c(C=O)nc(N(C)C)n2c2ccccc12.[Cl-]. The molecule has 0 saturated carbocycles. The summed E-state index contributed by atoms with van der Waals surface area (Å²) in [4.78, 5) is 20.2. The van der Waals surface area contributed by atoms with Crippen molar-refractivity contribution in [1.82, 2.24) is 14.3 Å². The van der Waals surface area contributed by atoms with E-state index in [1.165, 1.54) is 0 Å². The molecule has 0 aliphatic heterocycles. The van der Waals surface area contributed by atoms with Crippen LogP contribution >= 0.6 is 11.6 Å². The van der Waals surface area contributed by atoms with Crippen LogP contribution in [0.4, 0.5) is 5.95 Å². The number of carbonyl (C=O) groups excluding carboxylic acids is 1. The molecule has 0 fully saturated rings. The number of aldehydes is 1. The number of benzene rings is 1. The van der Waals surface area contributed by atoms with Crippen molar-refractivity contribution in [1.29, 1.82) is 0 Å². The van der Waals surface area contributed by atoms with E-state index in [1.807, 2.05) is 97.7 Å². The number of pyridine rings is 1. The lowest BCUT2D eigenvalue weighted by Crippen LogP contribution is -3.00. The first-order valence-corrected chi connectivity index (χ1v) is 9.29. The highest BCUT2D eigenvalue weighted by atomic mass is 35.5. The molecule has 0 aliphatic rings. The number of fused-ring (bicyclic) bond motifs is 3. The number of hydrogen-bond donors (Lipinski definition) is 0. The lowest BCUT2D eigenvalue weighted by molar-refractivity contribution is -0.458. The second-order valence-corrected chi connectivity index (χ2v) is 7.72. The van der Waals surface area contributed by atoms with Gasteiger partial charge in [-0.15, -0.1) is 0 Å². The highest BCUT2D eigenvalue weighted by molar-refractivity contribution is 6.39. The van der Waals surface area contributed by atoms with Crippen LogP contribution in [0.1, 0.15) is 16.1 Å². The molecule has 8 heteroatoms. The molecule has 0 radical (unpaired) electrons. The third-order valence-electron chi connectivity index (χ3n) is 4.32. The monoisotopic (exact) mass is 433 g/mol. The zero-order chi connectivity index (χ0) is 20.6. The van der Waals surface area contributed by atoms with E-state index in [4.69, 9.17) is 11.6 Å².